The minimum atomic E-state index is 0.650. The van der Waals surface area contributed by atoms with Crippen LogP contribution in [-0.2, 0) is 4.74 Å². The van der Waals surface area contributed by atoms with E-state index < -0.39 is 0 Å². The number of unbranched alkanes of at least 4 members (excludes halogenated alkanes) is 2. The Balaban J connectivity index is 1.69. The number of nitrogens with zero attached hydrogens (tertiary/aromatic N) is 1. The van der Waals surface area contributed by atoms with Crippen molar-refractivity contribution in [2.75, 3.05) is 26.4 Å². The standard InChI is InChI=1S/C25H37NO3/c1-4-6-7-16-27-17-8-18-28-24-13-14-25(26-20-24)22-9-11-23(12-10-22)29-19-15-21(3)5-2/h9-14,20-21H,4-8,15-19H2,1-3H3. The van der Waals surface area contributed by atoms with Crippen molar-refractivity contribution >= 4 is 0 Å². The molecule has 160 valence electrons. The van der Waals surface area contributed by atoms with Gasteiger partial charge in [-0.3, -0.25) is 4.98 Å². The zero-order valence-electron chi connectivity index (χ0n) is 18.4. The molecule has 1 aromatic carbocycles. The lowest BCUT2D eigenvalue weighted by atomic mass is 10.1. The largest absolute Gasteiger partial charge is 0.494 e. The quantitative estimate of drug-likeness (QED) is 0.319. The van der Waals surface area contributed by atoms with E-state index in [0.717, 1.165) is 61.8 Å². The maximum Gasteiger partial charge on any atom is 0.137 e. The van der Waals surface area contributed by atoms with Gasteiger partial charge in [-0.2, -0.15) is 0 Å². The van der Waals surface area contributed by atoms with Crippen molar-refractivity contribution in [3.8, 4) is 22.8 Å². The summed E-state index contributed by atoms with van der Waals surface area (Å²) < 4.78 is 17.2. The second-order valence-corrected chi connectivity index (χ2v) is 7.58. The zero-order valence-corrected chi connectivity index (χ0v) is 18.4. The topological polar surface area (TPSA) is 40.6 Å². The highest BCUT2D eigenvalue weighted by molar-refractivity contribution is 5.60. The number of hydrogen-bond donors (Lipinski definition) is 0. The molecule has 1 atom stereocenters. The van der Waals surface area contributed by atoms with E-state index in [1.54, 1.807) is 6.20 Å². The van der Waals surface area contributed by atoms with Crippen LogP contribution in [0.3, 0.4) is 0 Å². The molecule has 0 radical (unpaired) electrons. The van der Waals surface area contributed by atoms with E-state index in [1.165, 1.54) is 19.3 Å². The molecule has 4 nitrogen and oxygen atoms in total. The predicted molar refractivity (Wildman–Crippen MR) is 120 cm³/mol. The molecule has 0 N–H and O–H groups in total. The zero-order chi connectivity index (χ0) is 20.7. The number of aromatic nitrogens is 1. The lowest BCUT2D eigenvalue weighted by Crippen LogP contribution is -2.04. The van der Waals surface area contributed by atoms with Gasteiger partial charge in [0.05, 0.1) is 25.1 Å². The molecule has 0 bridgehead atoms. The number of ether oxygens (including phenoxy) is 3. The molecule has 2 rings (SSSR count). The van der Waals surface area contributed by atoms with Crippen molar-refractivity contribution in [1.29, 1.82) is 0 Å². The summed E-state index contributed by atoms with van der Waals surface area (Å²) in [5.41, 5.74) is 2.01. The van der Waals surface area contributed by atoms with E-state index in [1.807, 2.05) is 24.3 Å². The first-order chi connectivity index (χ1) is 14.2. The highest BCUT2D eigenvalue weighted by Gasteiger charge is 2.03. The fourth-order valence-corrected chi connectivity index (χ4v) is 2.85. The van der Waals surface area contributed by atoms with Crippen molar-refractivity contribution in [2.45, 2.75) is 59.3 Å². The van der Waals surface area contributed by atoms with Crippen molar-refractivity contribution in [1.82, 2.24) is 4.98 Å². The lowest BCUT2D eigenvalue weighted by Gasteiger charge is -2.10. The Labute approximate surface area is 176 Å². The van der Waals surface area contributed by atoms with Crippen molar-refractivity contribution < 1.29 is 14.2 Å². The second kappa shape index (κ2) is 14.0. The summed E-state index contributed by atoms with van der Waals surface area (Å²) in [4.78, 5) is 4.53. The summed E-state index contributed by atoms with van der Waals surface area (Å²) in [6, 6.07) is 12.1. The highest BCUT2D eigenvalue weighted by atomic mass is 16.5. The molecule has 2 aromatic rings. The highest BCUT2D eigenvalue weighted by Crippen LogP contribution is 2.23. The molecule has 0 amide bonds. The van der Waals surface area contributed by atoms with Crippen LogP contribution in [0.4, 0.5) is 0 Å². The Morgan fingerprint density at radius 1 is 0.793 bits per heavy atom. The average Bonchev–Trinajstić information content (AvgIpc) is 2.76. The van der Waals surface area contributed by atoms with E-state index in [2.05, 4.69) is 37.9 Å². The van der Waals surface area contributed by atoms with Gasteiger partial charge in [0.1, 0.15) is 11.5 Å². The number of benzene rings is 1. The normalized spacial score (nSPS) is 12.0. The SMILES string of the molecule is CCCCCOCCCOc1ccc(-c2ccc(OCCC(C)CC)cc2)nc1. The van der Waals surface area contributed by atoms with Crippen molar-refractivity contribution in [3.63, 3.8) is 0 Å². The summed E-state index contributed by atoms with van der Waals surface area (Å²) >= 11 is 0. The number of hydrogen-bond acceptors (Lipinski definition) is 4. The van der Waals surface area contributed by atoms with E-state index >= 15 is 0 Å². The third-order valence-corrected chi connectivity index (χ3v) is 5.06. The molecule has 0 saturated heterocycles. The minimum absolute atomic E-state index is 0.650. The second-order valence-electron chi connectivity index (χ2n) is 7.58. The van der Waals surface area contributed by atoms with E-state index in [0.29, 0.717) is 12.5 Å². The average molecular weight is 400 g/mol. The monoisotopic (exact) mass is 399 g/mol. The predicted octanol–water partition coefficient (Wildman–Crippen LogP) is 6.54. The maximum absolute atomic E-state index is 5.83. The molecule has 1 heterocycles. The van der Waals surface area contributed by atoms with Crippen LogP contribution in [-0.4, -0.2) is 31.4 Å². The van der Waals surface area contributed by atoms with Gasteiger partial charge >= 0.3 is 0 Å². The van der Waals surface area contributed by atoms with Gasteiger partial charge in [-0.25, -0.2) is 0 Å². The van der Waals surface area contributed by atoms with Crippen LogP contribution < -0.4 is 9.47 Å². The lowest BCUT2D eigenvalue weighted by molar-refractivity contribution is 0.116. The van der Waals surface area contributed by atoms with Gasteiger partial charge in [0.15, 0.2) is 0 Å². The van der Waals surface area contributed by atoms with Crippen LogP contribution in [0.15, 0.2) is 42.6 Å². The number of pyridine rings is 1. The molecule has 29 heavy (non-hydrogen) atoms. The van der Waals surface area contributed by atoms with Crippen LogP contribution in [0.1, 0.15) is 59.3 Å². The van der Waals surface area contributed by atoms with E-state index in [4.69, 9.17) is 14.2 Å². The fourth-order valence-electron chi connectivity index (χ4n) is 2.85. The van der Waals surface area contributed by atoms with Crippen LogP contribution in [0.2, 0.25) is 0 Å². The molecule has 4 heteroatoms. The molecular weight excluding hydrogens is 362 g/mol. The molecule has 0 spiro atoms. The summed E-state index contributed by atoms with van der Waals surface area (Å²) in [5.74, 6) is 2.41. The van der Waals surface area contributed by atoms with Gasteiger partial charge in [-0.15, -0.1) is 0 Å². The van der Waals surface area contributed by atoms with E-state index in [-0.39, 0.29) is 0 Å². The Kier molecular flexibility index (Phi) is 11.2. The van der Waals surface area contributed by atoms with E-state index in [9.17, 15) is 0 Å². The van der Waals surface area contributed by atoms with Crippen LogP contribution >= 0.6 is 0 Å². The van der Waals surface area contributed by atoms with Crippen molar-refractivity contribution in [3.05, 3.63) is 42.6 Å². The van der Waals surface area contributed by atoms with Gasteiger partial charge in [0.25, 0.3) is 0 Å². The maximum atomic E-state index is 5.83. The Morgan fingerprint density at radius 3 is 2.21 bits per heavy atom. The van der Waals surface area contributed by atoms with Gasteiger partial charge in [0.2, 0.25) is 0 Å². The van der Waals surface area contributed by atoms with Gasteiger partial charge in [-0.1, -0.05) is 40.0 Å². The summed E-state index contributed by atoms with van der Waals surface area (Å²) in [6.45, 7) is 9.69. The molecule has 1 unspecified atom stereocenters. The molecule has 0 aliphatic heterocycles. The van der Waals surface area contributed by atoms with Crippen LogP contribution in [0.5, 0.6) is 11.5 Å². The third-order valence-electron chi connectivity index (χ3n) is 5.06. The fraction of sp³-hybridized carbons (Fsp3) is 0.560. The first kappa shape index (κ1) is 23.2. The Bertz CT molecular complexity index is 655. The molecule has 0 aliphatic carbocycles. The summed E-state index contributed by atoms with van der Waals surface area (Å²) in [7, 11) is 0. The van der Waals surface area contributed by atoms with Gasteiger partial charge < -0.3 is 14.2 Å². The van der Waals surface area contributed by atoms with Crippen molar-refractivity contribution in [2.24, 2.45) is 5.92 Å². The number of rotatable bonds is 15. The minimum Gasteiger partial charge on any atom is -0.494 e. The summed E-state index contributed by atoms with van der Waals surface area (Å²) in [5, 5.41) is 0. The Morgan fingerprint density at radius 2 is 1.52 bits per heavy atom. The molecule has 0 fully saturated rings. The molecular formula is C25H37NO3. The van der Waals surface area contributed by atoms with Crippen LogP contribution in [0.25, 0.3) is 11.3 Å². The molecule has 0 aliphatic rings. The summed E-state index contributed by atoms with van der Waals surface area (Å²) in [6.07, 6.45) is 8.58. The van der Waals surface area contributed by atoms with Gasteiger partial charge in [-0.05, 0) is 55.2 Å². The first-order valence-electron chi connectivity index (χ1n) is 11.1. The van der Waals surface area contributed by atoms with Gasteiger partial charge in [0, 0.05) is 25.2 Å². The third kappa shape index (κ3) is 9.31. The molecule has 1 aromatic heterocycles. The van der Waals surface area contributed by atoms with Crippen LogP contribution in [0, 0.1) is 5.92 Å². The first-order valence-corrected chi connectivity index (χ1v) is 11.1. The Hall–Kier alpha value is -2.07. The molecule has 0 saturated carbocycles. The smallest absolute Gasteiger partial charge is 0.137 e.